The predicted molar refractivity (Wildman–Crippen MR) is 148 cm³/mol. The first kappa shape index (κ1) is 30.6. The van der Waals surface area contributed by atoms with Crippen LogP contribution >= 0.6 is 0 Å². The highest BCUT2D eigenvalue weighted by Crippen LogP contribution is 2.41. The summed E-state index contributed by atoms with van der Waals surface area (Å²) in [5.41, 5.74) is -5.58. The van der Waals surface area contributed by atoms with E-state index in [2.05, 4.69) is 9.50 Å². The molecular formula is C30H25F3N2O8S. The van der Waals surface area contributed by atoms with Crippen molar-refractivity contribution >= 4 is 27.9 Å². The summed E-state index contributed by atoms with van der Waals surface area (Å²) in [7, 11) is -6.19. The van der Waals surface area contributed by atoms with Crippen LogP contribution < -0.4 is 10.1 Å². The quantitative estimate of drug-likeness (QED) is 0.154. The number of halogens is 3. The van der Waals surface area contributed by atoms with Crippen LogP contribution in [0.5, 0.6) is 5.75 Å². The van der Waals surface area contributed by atoms with Crippen LogP contribution in [0.4, 0.5) is 13.2 Å². The van der Waals surface area contributed by atoms with E-state index in [0.717, 1.165) is 4.90 Å². The zero-order valence-corrected chi connectivity index (χ0v) is 23.6. The fraction of sp³-hybridized carbons (Fsp3) is 0.233. The van der Waals surface area contributed by atoms with E-state index >= 15 is 0 Å². The number of carbonyl (C=O) groups is 3. The highest BCUT2D eigenvalue weighted by molar-refractivity contribution is 7.87. The fourth-order valence-electron chi connectivity index (χ4n) is 4.91. The van der Waals surface area contributed by atoms with E-state index in [1.54, 1.807) is 91.0 Å². The molecule has 230 valence electrons. The molecule has 0 aromatic heterocycles. The number of alkyl halides is 3. The predicted octanol–water partition coefficient (Wildman–Crippen LogP) is 3.97. The van der Waals surface area contributed by atoms with Crippen molar-refractivity contribution in [3.8, 4) is 5.75 Å². The maximum Gasteiger partial charge on any atom is 0.534 e. The smallest absolute Gasteiger partial charge is 0.484 e. The molecule has 0 radical (unpaired) electrons. The molecule has 44 heavy (non-hydrogen) atoms. The summed E-state index contributed by atoms with van der Waals surface area (Å²) >= 11 is 0. The molecule has 1 unspecified atom stereocenters. The lowest BCUT2D eigenvalue weighted by molar-refractivity contribution is -0.160. The molecule has 0 bridgehead atoms. The summed E-state index contributed by atoms with van der Waals surface area (Å²) in [6, 6.07) is 23.2. The SMILES string of the molecule is O=C(COc1ccccc1)N[C@@H]1C(=O)N2C(C(=O)OC(c3ccccc3)c3ccccc3)=C(OS(=O)(=O)C(F)(F)F)CCC12. The second-order valence-corrected chi connectivity index (χ2v) is 11.4. The zero-order chi connectivity index (χ0) is 31.5. The van der Waals surface area contributed by atoms with Crippen LogP contribution in [0.2, 0.25) is 0 Å². The summed E-state index contributed by atoms with van der Waals surface area (Å²) in [4.78, 5) is 40.3. The van der Waals surface area contributed by atoms with Crippen LogP contribution in [0.1, 0.15) is 30.1 Å². The number of hydrogen-bond donors (Lipinski definition) is 1. The highest BCUT2D eigenvalue weighted by Gasteiger charge is 2.56. The van der Waals surface area contributed by atoms with E-state index in [9.17, 15) is 36.0 Å². The average molecular weight is 631 g/mol. The summed E-state index contributed by atoms with van der Waals surface area (Å²) < 4.78 is 79.1. The Morgan fingerprint density at radius 3 is 2.00 bits per heavy atom. The molecule has 10 nitrogen and oxygen atoms in total. The molecule has 2 atom stereocenters. The van der Waals surface area contributed by atoms with Crippen molar-refractivity contribution in [3.05, 3.63) is 114 Å². The fourth-order valence-corrected chi connectivity index (χ4v) is 5.43. The van der Waals surface area contributed by atoms with Crippen LogP contribution in [-0.4, -0.2) is 55.3 Å². The minimum atomic E-state index is -6.19. The number of benzene rings is 3. The number of amides is 2. The Hall–Kier alpha value is -4.85. The van der Waals surface area contributed by atoms with Gasteiger partial charge in [0.05, 0.1) is 6.04 Å². The molecule has 2 aliphatic rings. The second-order valence-electron chi connectivity index (χ2n) is 9.82. The first-order valence-corrected chi connectivity index (χ1v) is 14.7. The van der Waals surface area contributed by atoms with E-state index in [4.69, 9.17) is 9.47 Å². The Morgan fingerprint density at radius 2 is 1.45 bits per heavy atom. The largest absolute Gasteiger partial charge is 0.534 e. The van der Waals surface area contributed by atoms with Gasteiger partial charge in [-0.05, 0) is 29.7 Å². The molecule has 1 N–H and O–H groups in total. The lowest BCUT2D eigenvalue weighted by atomic mass is 9.85. The van der Waals surface area contributed by atoms with Crippen LogP contribution in [-0.2, 0) is 33.4 Å². The number of nitrogens with zero attached hydrogens (tertiary/aromatic N) is 1. The topological polar surface area (TPSA) is 128 Å². The summed E-state index contributed by atoms with van der Waals surface area (Å²) in [6.45, 7) is -0.431. The van der Waals surface area contributed by atoms with E-state index in [-0.39, 0.29) is 6.42 Å². The number of ether oxygens (including phenoxy) is 2. The number of rotatable bonds is 10. The molecule has 0 spiro atoms. The molecule has 2 aliphatic heterocycles. The van der Waals surface area contributed by atoms with Crippen LogP contribution in [0.25, 0.3) is 0 Å². The third kappa shape index (κ3) is 6.39. The highest BCUT2D eigenvalue weighted by atomic mass is 32.2. The Bertz CT molecular complexity index is 1630. The molecule has 1 fully saturated rings. The number of esters is 1. The van der Waals surface area contributed by atoms with Crippen LogP contribution in [0.3, 0.4) is 0 Å². The Kier molecular flexibility index (Phi) is 8.63. The Balaban J connectivity index is 1.42. The molecule has 14 heteroatoms. The van der Waals surface area contributed by atoms with E-state index < -0.39 is 76.1 Å². The van der Waals surface area contributed by atoms with E-state index in [1.807, 2.05) is 0 Å². The van der Waals surface area contributed by atoms with Gasteiger partial charge in [0, 0.05) is 6.42 Å². The van der Waals surface area contributed by atoms with Crippen molar-refractivity contribution in [3.63, 3.8) is 0 Å². The van der Waals surface area contributed by atoms with Gasteiger partial charge in [-0.2, -0.15) is 21.6 Å². The van der Waals surface area contributed by atoms with Gasteiger partial charge in [0.15, 0.2) is 24.2 Å². The summed E-state index contributed by atoms with van der Waals surface area (Å²) in [6.07, 6.45) is -1.65. The molecule has 2 amide bonds. The van der Waals surface area contributed by atoms with E-state index in [0.29, 0.717) is 16.9 Å². The summed E-state index contributed by atoms with van der Waals surface area (Å²) in [5.74, 6) is -3.29. The monoisotopic (exact) mass is 630 g/mol. The Morgan fingerprint density at radius 1 is 0.909 bits per heavy atom. The number of carbonyl (C=O) groups excluding carboxylic acids is 3. The molecular weight excluding hydrogens is 605 g/mol. The normalized spacial score (nSPS) is 18.3. The van der Waals surface area contributed by atoms with Gasteiger partial charge in [0.2, 0.25) is 0 Å². The molecule has 1 saturated heterocycles. The van der Waals surface area contributed by atoms with Crippen molar-refractivity contribution < 1.29 is 49.6 Å². The van der Waals surface area contributed by atoms with Crippen molar-refractivity contribution in [1.82, 2.24) is 10.2 Å². The third-order valence-electron chi connectivity index (χ3n) is 6.94. The van der Waals surface area contributed by atoms with Gasteiger partial charge in [0.25, 0.3) is 11.8 Å². The number of fused-ring (bicyclic) bond motifs is 1. The van der Waals surface area contributed by atoms with Gasteiger partial charge in [-0.25, -0.2) is 4.79 Å². The number of allylic oxidation sites excluding steroid dienone is 1. The first-order valence-electron chi connectivity index (χ1n) is 13.3. The Labute approximate surface area is 250 Å². The van der Waals surface area contributed by atoms with E-state index in [1.165, 1.54) is 0 Å². The van der Waals surface area contributed by atoms with Gasteiger partial charge < -0.3 is 19.0 Å². The maximum atomic E-state index is 13.7. The molecule has 5 rings (SSSR count). The third-order valence-corrected chi connectivity index (χ3v) is 7.93. The number of nitrogens with one attached hydrogen (secondary N) is 1. The maximum absolute atomic E-state index is 13.7. The van der Waals surface area contributed by atoms with Gasteiger partial charge in [-0.15, -0.1) is 0 Å². The average Bonchev–Trinajstić information content (AvgIpc) is 3.01. The van der Waals surface area contributed by atoms with Gasteiger partial charge in [-0.1, -0.05) is 78.9 Å². The van der Waals surface area contributed by atoms with Crippen molar-refractivity contribution in [1.29, 1.82) is 0 Å². The number of para-hydroxylation sites is 1. The summed E-state index contributed by atoms with van der Waals surface area (Å²) in [5, 5.41) is 2.51. The minimum Gasteiger partial charge on any atom is -0.484 e. The zero-order valence-electron chi connectivity index (χ0n) is 22.8. The second kappa shape index (κ2) is 12.4. The molecule has 2 heterocycles. The molecule has 3 aromatic rings. The van der Waals surface area contributed by atoms with Gasteiger partial charge >= 0.3 is 21.6 Å². The van der Waals surface area contributed by atoms with Crippen LogP contribution in [0, 0.1) is 0 Å². The van der Waals surface area contributed by atoms with Gasteiger partial charge in [0.1, 0.15) is 11.8 Å². The molecule has 3 aromatic carbocycles. The number of hydrogen-bond acceptors (Lipinski definition) is 8. The number of β-lactam (4-membered cyclic amide) rings is 1. The van der Waals surface area contributed by atoms with Gasteiger partial charge in [-0.3, -0.25) is 14.5 Å². The standard InChI is InChI=1S/C30H25F3N2O8S/c31-30(32,33)44(39,40)43-23-17-16-22-25(34-24(36)18-41-21-14-8-3-9-15-21)28(37)35(22)26(23)29(38)42-27(19-10-4-1-5-11-19)20-12-6-2-7-13-20/h1-15,22,25,27H,16-18H2,(H,34,36)/t22?,25-/m0/s1. The molecule has 0 saturated carbocycles. The minimum absolute atomic E-state index is 0.115. The lowest BCUT2D eigenvalue weighted by Crippen LogP contribution is -2.72. The van der Waals surface area contributed by atoms with Crippen molar-refractivity contribution in [2.75, 3.05) is 6.61 Å². The van der Waals surface area contributed by atoms with Crippen molar-refractivity contribution in [2.24, 2.45) is 0 Å². The lowest BCUT2D eigenvalue weighted by Gasteiger charge is -2.49. The molecule has 0 aliphatic carbocycles. The van der Waals surface area contributed by atoms with Crippen molar-refractivity contribution in [2.45, 2.75) is 36.5 Å². The van der Waals surface area contributed by atoms with Crippen LogP contribution in [0.15, 0.2) is 102 Å². The first-order chi connectivity index (χ1) is 21.0.